The van der Waals surface area contributed by atoms with E-state index in [0.29, 0.717) is 5.92 Å². The third kappa shape index (κ3) is 2.88. The number of ketones is 1. The molecule has 2 nitrogen and oxygen atoms in total. The number of halogens is 1. The average Bonchev–Trinajstić information content (AvgIpc) is 2.66. The summed E-state index contributed by atoms with van der Waals surface area (Å²) in [4.78, 5) is 12.0. The molecule has 0 aliphatic rings. The van der Waals surface area contributed by atoms with Gasteiger partial charge in [0.2, 0.25) is 0 Å². The molecule has 2 aromatic rings. The first kappa shape index (κ1) is 15.0. The Kier molecular flexibility index (Phi) is 4.48. The van der Waals surface area contributed by atoms with Gasteiger partial charge >= 0.3 is 0 Å². The highest BCUT2D eigenvalue weighted by Gasteiger charge is 2.19. The Labute approximate surface area is 128 Å². The lowest BCUT2D eigenvalue weighted by Gasteiger charge is -2.09. The van der Waals surface area contributed by atoms with Crippen molar-refractivity contribution < 1.29 is 4.79 Å². The fourth-order valence-electron chi connectivity index (χ4n) is 2.57. The number of carbonyl (C=O) groups excluding carboxylic acids is 1. The summed E-state index contributed by atoms with van der Waals surface area (Å²) in [5.41, 5.74) is 3.97. The summed E-state index contributed by atoms with van der Waals surface area (Å²) < 4.78 is 3.21. The molecule has 0 aliphatic heterocycles. The van der Waals surface area contributed by atoms with Crippen molar-refractivity contribution in [2.75, 3.05) is 0 Å². The SMILES string of the molecule is CC(=O)c1c(-c2ccccc2Br)cn(CC(C)C)c1C. The maximum Gasteiger partial charge on any atom is 0.162 e. The van der Waals surface area contributed by atoms with Gasteiger partial charge in [-0.05, 0) is 31.4 Å². The molecule has 0 N–H and O–H groups in total. The van der Waals surface area contributed by atoms with Crippen LogP contribution < -0.4 is 0 Å². The minimum absolute atomic E-state index is 0.121. The van der Waals surface area contributed by atoms with Crippen LogP contribution in [0, 0.1) is 12.8 Å². The second-order valence-electron chi connectivity index (χ2n) is 5.59. The maximum atomic E-state index is 12.0. The number of benzene rings is 1. The molecule has 20 heavy (non-hydrogen) atoms. The Morgan fingerprint density at radius 3 is 2.45 bits per heavy atom. The first-order valence-corrected chi connectivity index (χ1v) is 7.66. The Morgan fingerprint density at radius 2 is 1.90 bits per heavy atom. The van der Waals surface area contributed by atoms with Gasteiger partial charge in [0, 0.05) is 34.0 Å². The molecule has 0 bridgehead atoms. The lowest BCUT2D eigenvalue weighted by atomic mass is 10.0. The highest BCUT2D eigenvalue weighted by Crippen LogP contribution is 2.33. The maximum absolute atomic E-state index is 12.0. The number of rotatable bonds is 4. The normalized spacial score (nSPS) is 11.1. The Balaban J connectivity index is 2.63. The van der Waals surface area contributed by atoms with E-state index in [1.54, 1.807) is 6.92 Å². The molecular formula is C17H20BrNO. The standard InChI is InChI=1S/C17H20BrNO/c1-11(2)9-19-10-15(17(12(19)3)13(4)20)14-7-5-6-8-16(14)18/h5-8,10-11H,9H2,1-4H3. The highest BCUT2D eigenvalue weighted by atomic mass is 79.9. The molecule has 0 saturated heterocycles. The van der Waals surface area contributed by atoms with Crippen molar-refractivity contribution in [3.8, 4) is 11.1 Å². The topological polar surface area (TPSA) is 22.0 Å². The smallest absolute Gasteiger partial charge is 0.162 e. The fourth-order valence-corrected chi connectivity index (χ4v) is 3.07. The van der Waals surface area contributed by atoms with E-state index in [1.807, 2.05) is 31.2 Å². The molecule has 0 saturated carbocycles. The number of aromatic nitrogens is 1. The van der Waals surface area contributed by atoms with Crippen molar-refractivity contribution in [3.63, 3.8) is 0 Å². The third-order valence-corrected chi connectivity index (χ3v) is 4.12. The molecule has 0 amide bonds. The van der Waals surface area contributed by atoms with E-state index < -0.39 is 0 Å². The van der Waals surface area contributed by atoms with Gasteiger partial charge in [-0.1, -0.05) is 48.0 Å². The Morgan fingerprint density at radius 1 is 1.25 bits per heavy atom. The largest absolute Gasteiger partial charge is 0.350 e. The van der Waals surface area contributed by atoms with Crippen molar-refractivity contribution in [2.24, 2.45) is 5.92 Å². The molecule has 0 radical (unpaired) electrons. The number of Topliss-reactive ketones (excluding diaryl/α,β-unsaturated/α-hetero) is 1. The van der Waals surface area contributed by atoms with Crippen molar-refractivity contribution in [2.45, 2.75) is 34.2 Å². The molecule has 0 fully saturated rings. The van der Waals surface area contributed by atoms with Gasteiger partial charge in [0.15, 0.2) is 5.78 Å². The van der Waals surface area contributed by atoms with Crippen molar-refractivity contribution in [1.82, 2.24) is 4.57 Å². The zero-order valence-electron chi connectivity index (χ0n) is 12.4. The lowest BCUT2D eigenvalue weighted by molar-refractivity contribution is 0.101. The van der Waals surface area contributed by atoms with Gasteiger partial charge in [0.1, 0.15) is 0 Å². The Bertz CT molecular complexity index is 640. The van der Waals surface area contributed by atoms with Crippen LogP contribution in [-0.2, 0) is 6.54 Å². The van der Waals surface area contributed by atoms with E-state index in [0.717, 1.165) is 33.4 Å². The van der Waals surface area contributed by atoms with Gasteiger partial charge in [-0.2, -0.15) is 0 Å². The molecule has 106 valence electrons. The zero-order valence-corrected chi connectivity index (χ0v) is 14.0. The fraction of sp³-hybridized carbons (Fsp3) is 0.353. The van der Waals surface area contributed by atoms with Gasteiger partial charge in [-0.25, -0.2) is 0 Å². The highest BCUT2D eigenvalue weighted by molar-refractivity contribution is 9.10. The molecular weight excluding hydrogens is 314 g/mol. The summed E-state index contributed by atoms with van der Waals surface area (Å²) in [5, 5.41) is 0. The van der Waals surface area contributed by atoms with E-state index >= 15 is 0 Å². The molecule has 0 unspecified atom stereocenters. The van der Waals surface area contributed by atoms with Gasteiger partial charge < -0.3 is 4.57 Å². The number of hydrogen-bond acceptors (Lipinski definition) is 1. The van der Waals surface area contributed by atoms with Crippen LogP contribution in [0.4, 0.5) is 0 Å². The number of hydrogen-bond donors (Lipinski definition) is 0. The molecule has 1 aromatic carbocycles. The molecule has 1 heterocycles. The lowest BCUT2D eigenvalue weighted by Crippen LogP contribution is -2.06. The predicted octanol–water partition coefficient (Wildman–Crippen LogP) is 5.08. The second kappa shape index (κ2) is 5.96. The van der Waals surface area contributed by atoms with E-state index in [4.69, 9.17) is 0 Å². The molecule has 3 heteroatoms. The van der Waals surface area contributed by atoms with Gasteiger partial charge in [0.05, 0.1) is 0 Å². The summed E-state index contributed by atoms with van der Waals surface area (Å²) in [6.07, 6.45) is 2.10. The van der Waals surface area contributed by atoms with Crippen LogP contribution >= 0.6 is 15.9 Å². The van der Waals surface area contributed by atoms with Gasteiger partial charge in [-0.3, -0.25) is 4.79 Å². The number of carbonyl (C=O) groups is 1. The molecule has 2 rings (SSSR count). The van der Waals surface area contributed by atoms with Crippen LogP contribution in [0.25, 0.3) is 11.1 Å². The predicted molar refractivity (Wildman–Crippen MR) is 87.1 cm³/mol. The minimum atomic E-state index is 0.121. The summed E-state index contributed by atoms with van der Waals surface area (Å²) in [6, 6.07) is 8.04. The summed E-state index contributed by atoms with van der Waals surface area (Å²) >= 11 is 3.58. The molecule has 0 spiro atoms. The van der Waals surface area contributed by atoms with Crippen LogP contribution in [0.1, 0.15) is 36.8 Å². The van der Waals surface area contributed by atoms with Crippen LogP contribution in [0.3, 0.4) is 0 Å². The van der Waals surface area contributed by atoms with Crippen LogP contribution in [0.2, 0.25) is 0 Å². The van der Waals surface area contributed by atoms with Crippen molar-refractivity contribution in [3.05, 3.63) is 46.2 Å². The summed E-state index contributed by atoms with van der Waals surface area (Å²) in [7, 11) is 0. The first-order chi connectivity index (χ1) is 9.41. The number of nitrogens with zero attached hydrogens (tertiary/aromatic N) is 1. The van der Waals surface area contributed by atoms with Crippen molar-refractivity contribution in [1.29, 1.82) is 0 Å². The Hall–Kier alpha value is -1.35. The van der Waals surface area contributed by atoms with Gasteiger partial charge in [0.25, 0.3) is 0 Å². The zero-order chi connectivity index (χ0) is 14.9. The van der Waals surface area contributed by atoms with E-state index in [2.05, 4.69) is 40.5 Å². The molecule has 1 aromatic heterocycles. The van der Waals surface area contributed by atoms with Crippen LogP contribution in [0.15, 0.2) is 34.9 Å². The minimum Gasteiger partial charge on any atom is -0.350 e. The van der Waals surface area contributed by atoms with E-state index in [1.165, 1.54) is 0 Å². The summed E-state index contributed by atoms with van der Waals surface area (Å²) in [5.74, 6) is 0.670. The quantitative estimate of drug-likeness (QED) is 0.714. The first-order valence-electron chi connectivity index (χ1n) is 6.87. The third-order valence-electron chi connectivity index (χ3n) is 3.42. The molecule has 0 aliphatic carbocycles. The summed E-state index contributed by atoms with van der Waals surface area (Å²) in [6.45, 7) is 8.97. The van der Waals surface area contributed by atoms with Crippen LogP contribution in [-0.4, -0.2) is 10.4 Å². The van der Waals surface area contributed by atoms with E-state index in [-0.39, 0.29) is 5.78 Å². The van der Waals surface area contributed by atoms with Crippen molar-refractivity contribution >= 4 is 21.7 Å². The molecule has 0 atom stereocenters. The van der Waals surface area contributed by atoms with E-state index in [9.17, 15) is 4.79 Å². The average molecular weight is 334 g/mol. The monoisotopic (exact) mass is 333 g/mol. The second-order valence-corrected chi connectivity index (χ2v) is 6.44. The van der Waals surface area contributed by atoms with Crippen LogP contribution in [0.5, 0.6) is 0 Å². The van der Waals surface area contributed by atoms with Gasteiger partial charge in [-0.15, -0.1) is 0 Å².